The van der Waals surface area contributed by atoms with E-state index in [1.54, 1.807) is 0 Å². The molecular formula is C16H25BrN2S. The summed E-state index contributed by atoms with van der Waals surface area (Å²) >= 11 is 5.35. The third-order valence-corrected chi connectivity index (χ3v) is 6.26. The maximum absolute atomic E-state index is 5.98. The van der Waals surface area contributed by atoms with Gasteiger partial charge in [-0.3, -0.25) is 0 Å². The highest BCUT2D eigenvalue weighted by atomic mass is 79.9. The second-order valence-electron chi connectivity index (χ2n) is 6.84. The van der Waals surface area contributed by atoms with Gasteiger partial charge in [0.1, 0.15) is 0 Å². The minimum absolute atomic E-state index is 0.394. The summed E-state index contributed by atoms with van der Waals surface area (Å²) in [6, 6.07) is 4.17. The molecule has 112 valence electrons. The van der Waals surface area contributed by atoms with Crippen molar-refractivity contribution < 1.29 is 0 Å². The summed E-state index contributed by atoms with van der Waals surface area (Å²) in [6.45, 7) is 7.88. The van der Waals surface area contributed by atoms with E-state index in [0.29, 0.717) is 16.6 Å². The normalized spacial score (nSPS) is 27.6. The first-order valence-corrected chi connectivity index (χ1v) is 9.05. The molecule has 0 spiro atoms. The standard InChI is InChI=1S/C16H25BrN2S/c1-16(2,3)12-5-4-11(9-18)14(8-12)20-15-7-6-13(17)10-19-15/h6-7,10-12,14H,4-5,8-9,18H2,1-3H3. The van der Waals surface area contributed by atoms with Crippen molar-refractivity contribution in [3.63, 3.8) is 0 Å². The monoisotopic (exact) mass is 356 g/mol. The van der Waals surface area contributed by atoms with E-state index in [1.807, 2.05) is 18.0 Å². The van der Waals surface area contributed by atoms with Gasteiger partial charge in [0.25, 0.3) is 0 Å². The molecule has 0 saturated heterocycles. The molecule has 0 bridgehead atoms. The number of hydrogen-bond acceptors (Lipinski definition) is 3. The predicted molar refractivity (Wildman–Crippen MR) is 90.9 cm³/mol. The van der Waals surface area contributed by atoms with E-state index >= 15 is 0 Å². The van der Waals surface area contributed by atoms with E-state index in [2.05, 4.69) is 53.8 Å². The maximum Gasteiger partial charge on any atom is 0.0963 e. The lowest BCUT2D eigenvalue weighted by Crippen LogP contribution is -2.36. The number of nitrogens with two attached hydrogens (primary N) is 1. The first-order valence-electron chi connectivity index (χ1n) is 7.38. The molecule has 1 saturated carbocycles. The largest absolute Gasteiger partial charge is 0.330 e. The number of hydrogen-bond donors (Lipinski definition) is 1. The Hall–Kier alpha value is -0.0600. The van der Waals surface area contributed by atoms with Crippen LogP contribution >= 0.6 is 27.7 Å². The van der Waals surface area contributed by atoms with E-state index in [9.17, 15) is 0 Å². The van der Waals surface area contributed by atoms with E-state index in [-0.39, 0.29) is 0 Å². The lowest BCUT2D eigenvalue weighted by Gasteiger charge is -2.41. The van der Waals surface area contributed by atoms with Crippen molar-refractivity contribution in [3.8, 4) is 0 Å². The zero-order valence-corrected chi connectivity index (χ0v) is 15.0. The van der Waals surface area contributed by atoms with Gasteiger partial charge in [-0.2, -0.15) is 0 Å². The minimum Gasteiger partial charge on any atom is -0.330 e. The fraction of sp³-hybridized carbons (Fsp3) is 0.688. The Kier molecular flexibility index (Phi) is 5.55. The summed E-state index contributed by atoms with van der Waals surface area (Å²) in [4.78, 5) is 4.50. The zero-order valence-electron chi connectivity index (χ0n) is 12.6. The van der Waals surface area contributed by atoms with E-state index in [0.717, 1.165) is 22.0 Å². The third-order valence-electron chi connectivity index (χ3n) is 4.43. The van der Waals surface area contributed by atoms with Gasteiger partial charge in [-0.15, -0.1) is 11.8 Å². The molecule has 0 aliphatic heterocycles. The van der Waals surface area contributed by atoms with Crippen LogP contribution in [0, 0.1) is 17.3 Å². The molecule has 1 aromatic rings. The van der Waals surface area contributed by atoms with Crippen molar-refractivity contribution in [1.29, 1.82) is 0 Å². The number of thioether (sulfide) groups is 1. The van der Waals surface area contributed by atoms with E-state index < -0.39 is 0 Å². The fourth-order valence-corrected chi connectivity index (χ4v) is 4.55. The van der Waals surface area contributed by atoms with Gasteiger partial charge in [0.05, 0.1) is 5.03 Å². The molecule has 1 aliphatic carbocycles. The van der Waals surface area contributed by atoms with Crippen LogP contribution in [-0.4, -0.2) is 16.8 Å². The Labute approximate surface area is 135 Å². The van der Waals surface area contributed by atoms with Crippen LogP contribution < -0.4 is 5.73 Å². The number of pyridine rings is 1. The van der Waals surface area contributed by atoms with Gasteiger partial charge in [-0.05, 0) is 71.1 Å². The van der Waals surface area contributed by atoms with Gasteiger partial charge in [0.15, 0.2) is 0 Å². The summed E-state index contributed by atoms with van der Waals surface area (Å²) in [7, 11) is 0. The van der Waals surface area contributed by atoms with Gasteiger partial charge in [-0.1, -0.05) is 20.8 Å². The van der Waals surface area contributed by atoms with Gasteiger partial charge in [0, 0.05) is 15.9 Å². The topological polar surface area (TPSA) is 38.9 Å². The molecule has 3 atom stereocenters. The van der Waals surface area contributed by atoms with Crippen molar-refractivity contribution in [1.82, 2.24) is 4.98 Å². The Morgan fingerprint density at radius 3 is 2.65 bits per heavy atom. The number of aromatic nitrogens is 1. The van der Waals surface area contributed by atoms with Gasteiger partial charge in [0.2, 0.25) is 0 Å². The van der Waals surface area contributed by atoms with Crippen LogP contribution in [0.15, 0.2) is 27.8 Å². The average Bonchev–Trinajstić information content (AvgIpc) is 2.40. The molecule has 3 unspecified atom stereocenters. The molecule has 20 heavy (non-hydrogen) atoms. The summed E-state index contributed by atoms with van der Waals surface area (Å²) in [5.74, 6) is 1.42. The molecule has 1 fully saturated rings. The second-order valence-corrected chi connectivity index (χ2v) is 9.02. The lowest BCUT2D eigenvalue weighted by molar-refractivity contribution is 0.157. The van der Waals surface area contributed by atoms with Crippen LogP contribution in [0.3, 0.4) is 0 Å². The molecule has 1 heterocycles. The smallest absolute Gasteiger partial charge is 0.0963 e. The van der Waals surface area contributed by atoms with Crippen LogP contribution in [0.1, 0.15) is 40.0 Å². The summed E-state index contributed by atoms with van der Waals surface area (Å²) < 4.78 is 1.04. The predicted octanol–water partition coefficient (Wildman–Crippen LogP) is 4.73. The molecule has 1 aliphatic rings. The summed E-state index contributed by atoms with van der Waals surface area (Å²) in [6.07, 6.45) is 5.71. The Bertz CT molecular complexity index is 427. The Balaban J connectivity index is 2.07. The van der Waals surface area contributed by atoms with Crippen LogP contribution in [0.25, 0.3) is 0 Å². The minimum atomic E-state index is 0.394. The summed E-state index contributed by atoms with van der Waals surface area (Å²) in [5.41, 5.74) is 6.38. The van der Waals surface area contributed by atoms with E-state index in [1.165, 1.54) is 19.3 Å². The third kappa shape index (κ3) is 4.22. The van der Waals surface area contributed by atoms with Gasteiger partial charge < -0.3 is 5.73 Å². The van der Waals surface area contributed by atoms with Crippen molar-refractivity contribution in [3.05, 3.63) is 22.8 Å². The molecular weight excluding hydrogens is 332 g/mol. The quantitative estimate of drug-likeness (QED) is 0.850. The SMILES string of the molecule is CC(C)(C)C1CCC(CN)C(Sc2ccc(Br)cn2)C1. The van der Waals surface area contributed by atoms with Crippen LogP contribution in [0.4, 0.5) is 0 Å². The lowest BCUT2D eigenvalue weighted by atomic mass is 9.69. The molecule has 0 radical (unpaired) electrons. The van der Waals surface area contributed by atoms with Crippen LogP contribution in [0.2, 0.25) is 0 Å². The highest BCUT2D eigenvalue weighted by Crippen LogP contribution is 2.45. The average molecular weight is 357 g/mol. The highest BCUT2D eigenvalue weighted by Gasteiger charge is 2.35. The molecule has 0 aromatic carbocycles. The van der Waals surface area contributed by atoms with E-state index in [4.69, 9.17) is 5.73 Å². The van der Waals surface area contributed by atoms with Crippen molar-refractivity contribution >= 4 is 27.7 Å². The molecule has 1 aromatic heterocycles. The summed E-state index contributed by atoms with van der Waals surface area (Å²) in [5, 5.41) is 1.72. The molecule has 2 N–H and O–H groups in total. The number of halogens is 1. The Morgan fingerprint density at radius 2 is 2.10 bits per heavy atom. The Morgan fingerprint density at radius 1 is 1.35 bits per heavy atom. The zero-order chi connectivity index (χ0) is 14.8. The van der Waals surface area contributed by atoms with Crippen molar-refractivity contribution in [2.75, 3.05) is 6.54 Å². The van der Waals surface area contributed by atoms with Crippen molar-refractivity contribution in [2.45, 2.75) is 50.3 Å². The number of rotatable bonds is 3. The highest BCUT2D eigenvalue weighted by molar-refractivity contribution is 9.10. The van der Waals surface area contributed by atoms with Gasteiger partial charge in [-0.25, -0.2) is 4.98 Å². The van der Waals surface area contributed by atoms with Crippen LogP contribution in [0.5, 0.6) is 0 Å². The first kappa shape index (κ1) is 16.3. The van der Waals surface area contributed by atoms with Gasteiger partial charge >= 0.3 is 0 Å². The fourth-order valence-electron chi connectivity index (χ4n) is 2.98. The molecule has 2 nitrogen and oxygen atoms in total. The first-order chi connectivity index (χ1) is 9.40. The van der Waals surface area contributed by atoms with Crippen LogP contribution in [-0.2, 0) is 0 Å². The molecule has 0 amide bonds. The number of nitrogens with zero attached hydrogens (tertiary/aromatic N) is 1. The molecule has 2 rings (SSSR count). The molecule has 4 heteroatoms. The van der Waals surface area contributed by atoms with Crippen molar-refractivity contribution in [2.24, 2.45) is 23.0 Å². The second kappa shape index (κ2) is 6.80. The maximum atomic E-state index is 5.98.